The molecule has 3 aromatic rings. The zero-order chi connectivity index (χ0) is 25.1. The maximum absolute atomic E-state index is 14.0. The van der Waals surface area contributed by atoms with Gasteiger partial charge in [0.25, 0.3) is 0 Å². The summed E-state index contributed by atoms with van der Waals surface area (Å²) in [5.41, 5.74) is 6.68. The largest absolute Gasteiger partial charge is 0.357 e. The van der Waals surface area contributed by atoms with Gasteiger partial charge in [0, 0.05) is 24.1 Å². The van der Waals surface area contributed by atoms with Gasteiger partial charge < -0.3 is 5.32 Å². The van der Waals surface area contributed by atoms with Crippen molar-refractivity contribution in [2.24, 2.45) is 0 Å². The van der Waals surface area contributed by atoms with Crippen LogP contribution in [-0.4, -0.2) is 11.7 Å². The number of unbranched alkanes of at least 4 members (excludes halogenated alkanes) is 2. The van der Waals surface area contributed by atoms with Crippen molar-refractivity contribution in [3.05, 3.63) is 107 Å². The number of hydrogen-bond donors (Lipinski definition) is 1. The molecule has 2 atom stereocenters. The second-order valence-electron chi connectivity index (χ2n) is 10.0. The van der Waals surface area contributed by atoms with E-state index in [4.69, 9.17) is 0 Å². The van der Waals surface area contributed by atoms with Gasteiger partial charge in [0.1, 0.15) is 0 Å². The van der Waals surface area contributed by atoms with Gasteiger partial charge in [-0.15, -0.1) is 0 Å². The van der Waals surface area contributed by atoms with Crippen LogP contribution in [0.2, 0.25) is 0 Å². The van der Waals surface area contributed by atoms with Crippen molar-refractivity contribution in [3.63, 3.8) is 0 Å². The third-order valence-corrected chi connectivity index (χ3v) is 7.42. The highest BCUT2D eigenvalue weighted by molar-refractivity contribution is 6.06. The second-order valence-corrected chi connectivity index (χ2v) is 10.0. The van der Waals surface area contributed by atoms with E-state index in [9.17, 15) is 9.59 Å². The Morgan fingerprint density at radius 1 is 0.889 bits per heavy atom. The molecule has 4 nitrogen and oxygen atoms in total. The first-order chi connectivity index (χ1) is 17.6. The predicted molar refractivity (Wildman–Crippen MR) is 146 cm³/mol. The summed E-state index contributed by atoms with van der Waals surface area (Å²) < 4.78 is 0. The van der Waals surface area contributed by atoms with Crippen LogP contribution in [0.3, 0.4) is 0 Å². The van der Waals surface area contributed by atoms with Crippen molar-refractivity contribution < 1.29 is 9.59 Å². The van der Waals surface area contributed by atoms with E-state index in [-0.39, 0.29) is 17.6 Å². The Morgan fingerprint density at radius 2 is 1.61 bits per heavy atom. The molecule has 1 amide bonds. The Morgan fingerprint density at radius 3 is 2.36 bits per heavy atom. The number of nitrogens with one attached hydrogen (secondary N) is 1. The first kappa shape index (κ1) is 24.1. The number of nitrogens with zero attached hydrogens (tertiary/aromatic N) is 1. The molecule has 1 N–H and O–H groups in total. The standard InChI is InChI=1S/C32H34N2O2/c1-3-4-6-15-30(36)34-28-14-10-9-13-26(28)33-27-20-25(23-11-7-5-8-12-23)21-29(35)31(27)32(34)24-18-16-22(2)17-19-24/h5,7-14,16-19,25,32-33H,3-4,6,15,20-21H2,1-2H3/t25-,32+/m1/s1. The normalized spacial score (nSPS) is 19.3. The molecule has 0 saturated carbocycles. The van der Waals surface area contributed by atoms with Crippen LogP contribution in [0.25, 0.3) is 0 Å². The average molecular weight is 479 g/mol. The van der Waals surface area contributed by atoms with E-state index in [0.29, 0.717) is 12.8 Å². The molecule has 1 aliphatic carbocycles. The number of rotatable bonds is 6. The van der Waals surface area contributed by atoms with Gasteiger partial charge in [0.15, 0.2) is 5.78 Å². The number of anilines is 2. The Balaban J connectivity index is 1.66. The van der Waals surface area contributed by atoms with Crippen LogP contribution < -0.4 is 10.2 Å². The zero-order valence-corrected chi connectivity index (χ0v) is 21.2. The summed E-state index contributed by atoms with van der Waals surface area (Å²) in [4.78, 5) is 29.7. The molecular weight excluding hydrogens is 444 g/mol. The van der Waals surface area contributed by atoms with Crippen LogP contribution in [0.4, 0.5) is 11.4 Å². The fraction of sp³-hybridized carbons (Fsp3) is 0.312. The lowest BCUT2D eigenvalue weighted by molar-refractivity contribution is -0.119. The molecule has 2 aliphatic rings. The molecule has 3 aromatic carbocycles. The van der Waals surface area contributed by atoms with Gasteiger partial charge >= 0.3 is 0 Å². The number of ketones is 1. The van der Waals surface area contributed by atoms with E-state index >= 15 is 0 Å². The second kappa shape index (κ2) is 10.5. The predicted octanol–water partition coefficient (Wildman–Crippen LogP) is 7.48. The first-order valence-electron chi connectivity index (χ1n) is 13.1. The molecule has 0 aromatic heterocycles. The van der Waals surface area contributed by atoms with Gasteiger partial charge in [-0.25, -0.2) is 0 Å². The molecule has 0 spiro atoms. The minimum atomic E-state index is -0.449. The van der Waals surface area contributed by atoms with E-state index in [1.54, 1.807) is 0 Å². The number of allylic oxidation sites excluding steroid dienone is 1. The molecule has 4 heteroatoms. The summed E-state index contributed by atoms with van der Waals surface area (Å²) in [6, 6.07) is 26.1. The van der Waals surface area contributed by atoms with Gasteiger partial charge in [-0.2, -0.15) is 0 Å². The van der Waals surface area contributed by atoms with E-state index in [0.717, 1.165) is 59.5 Å². The molecule has 0 bridgehead atoms. The topological polar surface area (TPSA) is 49.4 Å². The maximum atomic E-state index is 14.0. The van der Waals surface area contributed by atoms with Crippen LogP contribution in [0.15, 0.2) is 90.1 Å². The highest BCUT2D eigenvalue weighted by atomic mass is 16.2. The lowest BCUT2D eigenvalue weighted by Crippen LogP contribution is -2.38. The summed E-state index contributed by atoms with van der Waals surface area (Å²) in [6.45, 7) is 4.20. The number of carbonyl (C=O) groups excluding carboxylic acids is 2. The quantitative estimate of drug-likeness (QED) is 0.374. The van der Waals surface area contributed by atoms with Crippen molar-refractivity contribution in [2.75, 3.05) is 10.2 Å². The number of fused-ring (bicyclic) bond motifs is 1. The van der Waals surface area contributed by atoms with Crippen LogP contribution in [0.5, 0.6) is 0 Å². The SMILES string of the molecule is CCCCCC(=O)N1c2ccccc2NC2=C(C(=O)C[C@H](c3ccccc3)C2)[C@@H]1c1ccc(C)cc1. The molecule has 0 unspecified atom stereocenters. The fourth-order valence-electron chi connectivity index (χ4n) is 5.54. The molecular formula is C32H34N2O2. The lowest BCUT2D eigenvalue weighted by atomic mass is 9.78. The molecule has 1 aliphatic heterocycles. The van der Waals surface area contributed by atoms with Crippen molar-refractivity contribution in [1.82, 2.24) is 0 Å². The Labute approximate surface area is 214 Å². The number of carbonyl (C=O) groups is 2. The van der Waals surface area contributed by atoms with Gasteiger partial charge in [-0.05, 0) is 48.9 Å². The molecule has 0 fully saturated rings. The average Bonchev–Trinajstić information content (AvgIpc) is 3.04. The summed E-state index contributed by atoms with van der Waals surface area (Å²) >= 11 is 0. The summed E-state index contributed by atoms with van der Waals surface area (Å²) in [5.74, 6) is 0.292. The Bertz CT molecular complexity index is 1280. The zero-order valence-electron chi connectivity index (χ0n) is 21.2. The van der Waals surface area contributed by atoms with Crippen LogP contribution in [-0.2, 0) is 9.59 Å². The van der Waals surface area contributed by atoms with E-state index < -0.39 is 6.04 Å². The smallest absolute Gasteiger partial charge is 0.227 e. The lowest BCUT2D eigenvalue weighted by Gasteiger charge is -2.35. The van der Waals surface area contributed by atoms with Crippen molar-refractivity contribution in [2.45, 2.75) is 64.3 Å². The van der Waals surface area contributed by atoms with Crippen molar-refractivity contribution >= 4 is 23.1 Å². The van der Waals surface area contributed by atoms with E-state index in [1.165, 1.54) is 5.56 Å². The van der Waals surface area contributed by atoms with E-state index in [2.05, 4.69) is 55.6 Å². The number of amides is 1. The number of benzene rings is 3. The minimum absolute atomic E-state index is 0.0648. The van der Waals surface area contributed by atoms with Gasteiger partial charge in [-0.1, -0.05) is 92.1 Å². The monoisotopic (exact) mass is 478 g/mol. The maximum Gasteiger partial charge on any atom is 0.227 e. The Kier molecular flexibility index (Phi) is 7.04. The third-order valence-electron chi connectivity index (χ3n) is 7.42. The van der Waals surface area contributed by atoms with Crippen molar-refractivity contribution in [1.29, 1.82) is 0 Å². The highest BCUT2D eigenvalue weighted by Crippen LogP contribution is 2.47. The highest BCUT2D eigenvalue weighted by Gasteiger charge is 2.41. The van der Waals surface area contributed by atoms with E-state index in [1.807, 2.05) is 47.4 Å². The van der Waals surface area contributed by atoms with Gasteiger partial charge in [-0.3, -0.25) is 14.5 Å². The first-order valence-corrected chi connectivity index (χ1v) is 13.1. The molecule has 36 heavy (non-hydrogen) atoms. The van der Waals surface area contributed by atoms with Crippen LogP contribution in [0.1, 0.15) is 74.1 Å². The molecule has 1 heterocycles. The van der Waals surface area contributed by atoms with Crippen LogP contribution in [0, 0.1) is 6.92 Å². The van der Waals surface area contributed by atoms with Crippen molar-refractivity contribution in [3.8, 4) is 0 Å². The molecule has 0 saturated heterocycles. The van der Waals surface area contributed by atoms with Crippen LogP contribution >= 0.6 is 0 Å². The minimum Gasteiger partial charge on any atom is -0.357 e. The molecule has 184 valence electrons. The number of hydrogen-bond acceptors (Lipinski definition) is 3. The number of Topliss-reactive ketones (excluding diaryl/α,β-unsaturated/α-hetero) is 1. The fourth-order valence-corrected chi connectivity index (χ4v) is 5.54. The van der Waals surface area contributed by atoms with Gasteiger partial charge in [0.2, 0.25) is 5.91 Å². The molecule has 0 radical (unpaired) electrons. The Hall–Kier alpha value is -3.66. The summed E-state index contributed by atoms with van der Waals surface area (Å²) in [7, 11) is 0. The summed E-state index contributed by atoms with van der Waals surface area (Å²) in [5, 5.41) is 3.62. The summed E-state index contributed by atoms with van der Waals surface area (Å²) in [6.07, 6.45) is 4.56. The van der Waals surface area contributed by atoms with Gasteiger partial charge in [0.05, 0.1) is 17.4 Å². The molecule has 5 rings (SSSR count). The number of aryl methyl sites for hydroxylation is 1. The third kappa shape index (κ3) is 4.73. The number of para-hydroxylation sites is 2.